The molecule has 1 heterocycles. The van der Waals surface area contributed by atoms with E-state index >= 15 is 0 Å². The lowest BCUT2D eigenvalue weighted by Crippen LogP contribution is -2.20. The van der Waals surface area contributed by atoms with Gasteiger partial charge in [-0.2, -0.15) is 4.73 Å². The summed E-state index contributed by atoms with van der Waals surface area (Å²) in [4.78, 5) is 17.7. The van der Waals surface area contributed by atoms with Crippen molar-refractivity contribution >= 4 is 18.2 Å². The van der Waals surface area contributed by atoms with Gasteiger partial charge in [0.1, 0.15) is 4.64 Å². The average molecular weight is 440 g/mol. The van der Waals surface area contributed by atoms with Gasteiger partial charge in [0.25, 0.3) is 0 Å². The molecule has 0 aliphatic heterocycles. The summed E-state index contributed by atoms with van der Waals surface area (Å²) in [7, 11) is 0. The van der Waals surface area contributed by atoms with Crippen LogP contribution in [0.2, 0.25) is 0 Å². The molecule has 0 saturated carbocycles. The van der Waals surface area contributed by atoms with Crippen molar-refractivity contribution in [3.63, 3.8) is 0 Å². The van der Waals surface area contributed by atoms with Gasteiger partial charge in [0, 0.05) is 18.5 Å². The van der Waals surface area contributed by atoms with Gasteiger partial charge in [-0.05, 0) is 47.2 Å². The van der Waals surface area contributed by atoms with Crippen molar-refractivity contribution in [2.24, 2.45) is 0 Å². The van der Waals surface area contributed by atoms with Crippen molar-refractivity contribution in [1.29, 1.82) is 0 Å². The Morgan fingerprint density at radius 1 is 0.781 bits per heavy atom. The van der Waals surface area contributed by atoms with E-state index in [9.17, 15) is 4.79 Å². The molecule has 0 saturated heterocycles. The van der Waals surface area contributed by atoms with E-state index in [0.29, 0.717) is 17.5 Å². The van der Waals surface area contributed by atoms with Crippen molar-refractivity contribution in [3.8, 4) is 0 Å². The number of aromatic nitrogens is 1. The Bertz CT molecular complexity index is 1180. The average Bonchev–Trinajstić information content (AvgIpc) is 2.83. The molecule has 0 atom stereocenters. The van der Waals surface area contributed by atoms with Crippen molar-refractivity contribution in [2.75, 3.05) is 0 Å². The Morgan fingerprint density at radius 2 is 1.38 bits per heavy atom. The van der Waals surface area contributed by atoms with Crippen LogP contribution in [0.4, 0.5) is 0 Å². The first kappa shape index (κ1) is 21.7. The fraction of sp³-hybridized carbons (Fsp3) is 0.143. The Hall–Kier alpha value is -3.50. The number of rotatable bonds is 8. The molecule has 3 aromatic carbocycles. The highest BCUT2D eigenvalue weighted by atomic mass is 32.1. The van der Waals surface area contributed by atoms with Crippen LogP contribution in [-0.2, 0) is 11.2 Å². The van der Waals surface area contributed by atoms with Gasteiger partial charge in [-0.15, -0.1) is 0 Å². The second kappa shape index (κ2) is 10.7. The first-order valence-corrected chi connectivity index (χ1v) is 11.2. The first-order chi connectivity index (χ1) is 15.7. The number of benzene rings is 3. The maximum absolute atomic E-state index is 12.3. The molecule has 1 aromatic heterocycles. The molecule has 4 aromatic rings. The third-order valence-electron chi connectivity index (χ3n) is 5.45. The van der Waals surface area contributed by atoms with Gasteiger partial charge >= 0.3 is 5.97 Å². The lowest BCUT2D eigenvalue weighted by Gasteiger charge is -2.22. The van der Waals surface area contributed by atoms with Gasteiger partial charge in [-0.3, -0.25) is 0 Å². The van der Waals surface area contributed by atoms with Gasteiger partial charge in [0.05, 0.1) is 0 Å². The molecule has 0 N–H and O–H groups in total. The van der Waals surface area contributed by atoms with E-state index in [0.717, 1.165) is 6.42 Å². The number of hydrogen-bond donors (Lipinski definition) is 0. The molecular formula is C28H25NO2S. The summed E-state index contributed by atoms with van der Waals surface area (Å²) in [5.74, 6) is -0.143. The van der Waals surface area contributed by atoms with E-state index in [4.69, 9.17) is 17.1 Å². The highest BCUT2D eigenvalue weighted by Crippen LogP contribution is 2.34. The molecular weight excluding hydrogens is 414 g/mol. The number of carbonyl (C=O) groups excluding carboxylic acids is 1. The van der Waals surface area contributed by atoms with E-state index in [-0.39, 0.29) is 11.9 Å². The number of carbonyl (C=O) groups is 1. The van der Waals surface area contributed by atoms with Crippen molar-refractivity contribution in [2.45, 2.75) is 25.2 Å². The molecule has 160 valence electrons. The van der Waals surface area contributed by atoms with E-state index in [1.807, 2.05) is 18.2 Å². The number of pyridine rings is 1. The number of hydrogen-bond acceptors (Lipinski definition) is 3. The van der Waals surface area contributed by atoms with Gasteiger partial charge in [0.15, 0.2) is 0 Å². The Balaban J connectivity index is 1.52. The number of nitrogens with zero attached hydrogens (tertiary/aromatic N) is 1. The summed E-state index contributed by atoms with van der Waals surface area (Å²) in [5, 5.41) is 0. The van der Waals surface area contributed by atoms with E-state index in [1.165, 1.54) is 27.0 Å². The number of aryl methyl sites for hydroxylation is 1. The molecule has 0 aliphatic carbocycles. The maximum atomic E-state index is 12.3. The van der Waals surface area contributed by atoms with Crippen LogP contribution in [0.3, 0.4) is 0 Å². The van der Waals surface area contributed by atoms with E-state index in [2.05, 4.69) is 72.8 Å². The summed E-state index contributed by atoms with van der Waals surface area (Å²) < 4.78 is 1.81. The van der Waals surface area contributed by atoms with Crippen LogP contribution >= 0.6 is 12.2 Å². The van der Waals surface area contributed by atoms with Gasteiger partial charge in [-0.1, -0.05) is 103 Å². The topological polar surface area (TPSA) is 31.2 Å². The summed E-state index contributed by atoms with van der Waals surface area (Å²) in [6.45, 7) is 0. The highest BCUT2D eigenvalue weighted by molar-refractivity contribution is 7.71. The van der Waals surface area contributed by atoms with Gasteiger partial charge < -0.3 is 4.84 Å². The molecule has 0 radical (unpaired) electrons. The molecule has 0 fully saturated rings. The maximum Gasteiger partial charge on any atom is 0.332 e. The zero-order chi connectivity index (χ0) is 22.2. The molecule has 0 unspecified atom stereocenters. The minimum absolute atomic E-state index is 0.142. The minimum Gasteiger partial charge on any atom is -0.336 e. The van der Waals surface area contributed by atoms with Crippen LogP contribution in [0, 0.1) is 4.64 Å². The Labute approximate surface area is 193 Å². The third-order valence-corrected chi connectivity index (χ3v) is 5.76. The summed E-state index contributed by atoms with van der Waals surface area (Å²) in [5.41, 5.74) is 5.02. The fourth-order valence-electron chi connectivity index (χ4n) is 3.95. The van der Waals surface area contributed by atoms with Crippen LogP contribution < -0.4 is 4.84 Å². The zero-order valence-electron chi connectivity index (χ0n) is 17.8. The Morgan fingerprint density at radius 3 is 2.03 bits per heavy atom. The van der Waals surface area contributed by atoms with Crippen LogP contribution in [0.5, 0.6) is 0 Å². The second-order valence-corrected chi connectivity index (χ2v) is 8.05. The molecule has 0 amide bonds. The van der Waals surface area contributed by atoms with E-state index in [1.54, 1.807) is 18.3 Å². The quantitative estimate of drug-likeness (QED) is 0.236. The minimum atomic E-state index is -0.285. The summed E-state index contributed by atoms with van der Waals surface area (Å²) in [6.07, 6.45) is 3.47. The highest BCUT2D eigenvalue weighted by Gasteiger charge is 2.19. The van der Waals surface area contributed by atoms with Crippen LogP contribution in [-0.4, -0.2) is 10.7 Å². The van der Waals surface area contributed by atoms with Crippen LogP contribution in [0.1, 0.15) is 41.0 Å². The van der Waals surface area contributed by atoms with Gasteiger partial charge in [0.2, 0.25) is 0 Å². The normalized spacial score (nSPS) is 10.8. The zero-order valence-corrected chi connectivity index (χ0v) is 18.6. The molecule has 0 spiro atoms. The van der Waals surface area contributed by atoms with Gasteiger partial charge in [-0.25, -0.2) is 4.79 Å². The molecule has 32 heavy (non-hydrogen) atoms. The van der Waals surface area contributed by atoms with Crippen LogP contribution in [0.25, 0.3) is 0 Å². The first-order valence-electron chi connectivity index (χ1n) is 10.8. The summed E-state index contributed by atoms with van der Waals surface area (Å²) in [6, 6.07) is 35.0. The Kier molecular flexibility index (Phi) is 7.26. The predicted molar refractivity (Wildman–Crippen MR) is 130 cm³/mol. The lowest BCUT2D eigenvalue weighted by molar-refractivity contribution is -0.144. The van der Waals surface area contributed by atoms with E-state index < -0.39 is 0 Å². The van der Waals surface area contributed by atoms with Crippen molar-refractivity contribution in [3.05, 3.63) is 136 Å². The third kappa shape index (κ3) is 5.40. The summed E-state index contributed by atoms with van der Waals surface area (Å²) >= 11 is 5.18. The molecule has 4 rings (SSSR count). The second-order valence-electron chi connectivity index (χ2n) is 7.63. The van der Waals surface area contributed by atoms with Crippen molar-refractivity contribution in [1.82, 2.24) is 4.73 Å². The molecule has 4 heteroatoms. The monoisotopic (exact) mass is 439 g/mol. The van der Waals surface area contributed by atoms with Crippen molar-refractivity contribution < 1.29 is 9.63 Å². The van der Waals surface area contributed by atoms with Crippen LogP contribution in [0.15, 0.2) is 109 Å². The largest absolute Gasteiger partial charge is 0.336 e. The molecule has 3 nitrogen and oxygen atoms in total. The SMILES string of the molecule is O=C(CCCc1ccccc1C(c1ccccc1)c1ccccc1)On1ccccc1=S. The standard InChI is InChI=1S/C28H25NO2S/c30-27(31-29-21-10-9-19-26(29)32)20-11-17-22-12-7-8-18-25(22)28(23-13-3-1-4-14-23)24-15-5-2-6-16-24/h1-10,12-16,18-19,21,28H,11,17,20H2. The molecule has 0 aliphatic rings. The smallest absolute Gasteiger partial charge is 0.332 e. The lowest BCUT2D eigenvalue weighted by atomic mass is 9.82. The fourth-order valence-corrected chi connectivity index (χ4v) is 4.13. The predicted octanol–water partition coefficient (Wildman–Crippen LogP) is 6.38. The molecule has 0 bridgehead atoms.